The van der Waals surface area contributed by atoms with Crippen LogP contribution in [0.4, 0.5) is 0 Å². The molecule has 144 valence electrons. The Morgan fingerprint density at radius 2 is 1.85 bits per heavy atom. The maximum atomic E-state index is 12.6. The van der Waals surface area contributed by atoms with E-state index in [1.54, 1.807) is 32.0 Å². The Balaban J connectivity index is 2.01. The number of carbonyl (C=O) groups is 3. The summed E-state index contributed by atoms with van der Waals surface area (Å²) in [6.07, 6.45) is -1.01. The van der Waals surface area contributed by atoms with Crippen molar-refractivity contribution in [1.82, 2.24) is 4.98 Å². The summed E-state index contributed by atoms with van der Waals surface area (Å²) >= 11 is 5.88. The number of nitrogens with one attached hydrogen (secondary N) is 1. The minimum atomic E-state index is -1.01. The molecule has 0 saturated carbocycles. The van der Waals surface area contributed by atoms with Crippen LogP contribution in [0.2, 0.25) is 5.02 Å². The number of aryl methyl sites for hydroxylation is 2. The summed E-state index contributed by atoms with van der Waals surface area (Å²) in [5.41, 5.74) is 2.71. The Morgan fingerprint density at radius 3 is 2.41 bits per heavy atom. The van der Waals surface area contributed by atoms with Gasteiger partial charge in [0.1, 0.15) is 5.75 Å². The number of Topliss-reactive ketones (excluding diaryl/α,β-unsaturated/α-hetero) is 2. The molecule has 1 heterocycles. The minimum absolute atomic E-state index is 0.128. The zero-order valence-electron chi connectivity index (χ0n) is 15.9. The van der Waals surface area contributed by atoms with Gasteiger partial charge in [-0.25, -0.2) is 4.79 Å². The normalized spacial score (nSPS) is 11.8. The maximum absolute atomic E-state index is 12.6. The smallest absolute Gasteiger partial charge is 0.344 e. The molecule has 1 unspecified atom stereocenters. The molecule has 0 radical (unpaired) electrons. The molecule has 0 aliphatic heterocycles. The monoisotopic (exact) mass is 391 g/mol. The van der Waals surface area contributed by atoms with E-state index in [1.807, 2.05) is 6.92 Å². The van der Waals surface area contributed by atoms with Gasteiger partial charge in [0.25, 0.3) is 0 Å². The van der Waals surface area contributed by atoms with E-state index >= 15 is 0 Å². The molecule has 0 aliphatic carbocycles. The van der Waals surface area contributed by atoms with Gasteiger partial charge in [0, 0.05) is 16.3 Å². The number of carbonyl (C=O) groups excluding carboxylic acids is 3. The van der Waals surface area contributed by atoms with Crippen LogP contribution in [0.15, 0.2) is 18.2 Å². The molecule has 1 N–H and O–H groups in total. The average Bonchev–Trinajstić information content (AvgIpc) is 2.87. The standard InChI is InChI=1S/C20H22ClNO5/c1-10-8-15(21)6-7-16(10)26-9-17(24)27-14(5)20(25)19-11(2)18(13(4)23)12(3)22-19/h6-8,14,22H,9H2,1-5H3. The fraction of sp³-hybridized carbons (Fsp3) is 0.350. The van der Waals surface area contributed by atoms with Crippen molar-refractivity contribution in [2.75, 3.05) is 6.61 Å². The molecule has 0 fully saturated rings. The van der Waals surface area contributed by atoms with Gasteiger partial charge in [0.2, 0.25) is 5.78 Å². The van der Waals surface area contributed by atoms with E-state index in [9.17, 15) is 14.4 Å². The lowest BCUT2D eigenvalue weighted by Gasteiger charge is -2.13. The Bertz CT molecular complexity index is 900. The van der Waals surface area contributed by atoms with Crippen LogP contribution in [0.3, 0.4) is 0 Å². The van der Waals surface area contributed by atoms with Gasteiger partial charge < -0.3 is 14.5 Å². The Hall–Kier alpha value is -2.60. The van der Waals surface area contributed by atoms with Crippen LogP contribution in [0.25, 0.3) is 0 Å². The second-order valence-electron chi connectivity index (χ2n) is 6.38. The molecule has 7 heteroatoms. The molecule has 2 rings (SSSR count). The van der Waals surface area contributed by atoms with E-state index in [0.29, 0.717) is 27.6 Å². The van der Waals surface area contributed by atoms with Gasteiger partial charge in [0.15, 0.2) is 18.5 Å². The summed E-state index contributed by atoms with van der Waals surface area (Å²) in [5.74, 6) is -0.689. The van der Waals surface area contributed by atoms with Crippen molar-refractivity contribution in [3.05, 3.63) is 51.3 Å². The molecular formula is C20H22ClNO5. The van der Waals surface area contributed by atoms with Crippen LogP contribution in [-0.2, 0) is 9.53 Å². The highest BCUT2D eigenvalue weighted by molar-refractivity contribution is 6.30. The lowest BCUT2D eigenvalue weighted by atomic mass is 10.0. The zero-order chi connectivity index (χ0) is 20.3. The predicted molar refractivity (Wildman–Crippen MR) is 102 cm³/mol. The van der Waals surface area contributed by atoms with Crippen LogP contribution in [0.1, 0.15) is 51.5 Å². The van der Waals surface area contributed by atoms with E-state index in [-0.39, 0.29) is 18.1 Å². The number of benzene rings is 1. The maximum Gasteiger partial charge on any atom is 0.344 e. The fourth-order valence-electron chi connectivity index (χ4n) is 2.92. The quantitative estimate of drug-likeness (QED) is 0.569. The molecular weight excluding hydrogens is 370 g/mol. The number of H-pyrrole nitrogens is 1. The van der Waals surface area contributed by atoms with Gasteiger partial charge >= 0.3 is 5.97 Å². The van der Waals surface area contributed by atoms with Gasteiger partial charge in [-0.1, -0.05) is 11.6 Å². The Morgan fingerprint density at radius 1 is 1.19 bits per heavy atom. The lowest BCUT2D eigenvalue weighted by Crippen LogP contribution is -2.28. The first-order chi connectivity index (χ1) is 12.6. The van der Waals surface area contributed by atoms with E-state index in [2.05, 4.69) is 4.98 Å². The molecule has 0 amide bonds. The fourth-order valence-corrected chi connectivity index (χ4v) is 3.15. The first-order valence-corrected chi connectivity index (χ1v) is 8.82. The molecule has 0 spiro atoms. The Kier molecular flexibility index (Phi) is 6.44. The van der Waals surface area contributed by atoms with Crippen molar-refractivity contribution >= 4 is 29.1 Å². The number of halogens is 1. The zero-order valence-corrected chi connectivity index (χ0v) is 16.7. The van der Waals surface area contributed by atoms with Gasteiger partial charge in [-0.2, -0.15) is 0 Å². The number of hydrogen-bond donors (Lipinski definition) is 1. The summed E-state index contributed by atoms with van der Waals surface area (Å²) in [6, 6.07) is 5.04. The highest BCUT2D eigenvalue weighted by Crippen LogP contribution is 2.22. The molecule has 0 bridgehead atoms. The number of aromatic amines is 1. The van der Waals surface area contributed by atoms with Crippen LogP contribution in [0, 0.1) is 20.8 Å². The highest BCUT2D eigenvalue weighted by atomic mass is 35.5. The molecule has 2 aromatic rings. The number of ether oxygens (including phenoxy) is 2. The minimum Gasteiger partial charge on any atom is -0.482 e. The largest absolute Gasteiger partial charge is 0.482 e. The molecule has 0 saturated heterocycles. The van der Waals surface area contributed by atoms with E-state index in [1.165, 1.54) is 13.8 Å². The molecule has 0 aliphatic rings. The van der Waals surface area contributed by atoms with Crippen LogP contribution in [-0.4, -0.2) is 35.2 Å². The molecule has 1 aromatic carbocycles. The van der Waals surface area contributed by atoms with Crippen molar-refractivity contribution in [3.8, 4) is 5.75 Å². The number of rotatable bonds is 7. The lowest BCUT2D eigenvalue weighted by molar-refractivity contribution is -0.148. The third kappa shape index (κ3) is 4.77. The SMILES string of the molecule is CC(=O)c1c(C)[nH]c(C(=O)C(C)OC(=O)COc2ccc(Cl)cc2C)c1C. The van der Waals surface area contributed by atoms with Crippen molar-refractivity contribution in [1.29, 1.82) is 0 Å². The molecule has 27 heavy (non-hydrogen) atoms. The number of esters is 1. The number of hydrogen-bond acceptors (Lipinski definition) is 5. The van der Waals surface area contributed by atoms with Gasteiger partial charge in [-0.15, -0.1) is 0 Å². The molecule has 6 nitrogen and oxygen atoms in total. The summed E-state index contributed by atoms with van der Waals surface area (Å²) < 4.78 is 10.6. The third-order valence-corrected chi connectivity index (χ3v) is 4.43. The highest BCUT2D eigenvalue weighted by Gasteiger charge is 2.26. The van der Waals surface area contributed by atoms with Crippen LogP contribution >= 0.6 is 11.6 Å². The van der Waals surface area contributed by atoms with Crippen LogP contribution < -0.4 is 4.74 Å². The summed E-state index contributed by atoms with van der Waals surface area (Å²) in [7, 11) is 0. The van der Waals surface area contributed by atoms with Crippen LogP contribution in [0.5, 0.6) is 5.75 Å². The first kappa shape index (κ1) is 20.7. The predicted octanol–water partition coefficient (Wildman–Crippen LogP) is 3.99. The van der Waals surface area contributed by atoms with Gasteiger partial charge in [-0.3, -0.25) is 9.59 Å². The Labute approximate surface area is 162 Å². The third-order valence-electron chi connectivity index (χ3n) is 4.20. The average molecular weight is 392 g/mol. The van der Waals surface area contributed by atoms with Crippen molar-refractivity contribution < 1.29 is 23.9 Å². The second kappa shape index (κ2) is 8.39. The molecule has 1 aromatic heterocycles. The molecule has 1 atom stereocenters. The van der Waals surface area contributed by atoms with Crippen molar-refractivity contribution in [3.63, 3.8) is 0 Å². The van der Waals surface area contributed by atoms with E-state index in [0.717, 1.165) is 5.56 Å². The summed E-state index contributed by atoms with van der Waals surface area (Å²) in [6.45, 7) is 7.81. The van der Waals surface area contributed by atoms with Crippen molar-refractivity contribution in [2.24, 2.45) is 0 Å². The van der Waals surface area contributed by atoms with Crippen molar-refractivity contribution in [2.45, 2.75) is 40.7 Å². The van der Waals surface area contributed by atoms with E-state index in [4.69, 9.17) is 21.1 Å². The number of aromatic nitrogens is 1. The number of ketones is 2. The van der Waals surface area contributed by atoms with Gasteiger partial charge in [-0.05, 0) is 63.9 Å². The second-order valence-corrected chi connectivity index (χ2v) is 6.81. The topological polar surface area (TPSA) is 85.5 Å². The summed E-state index contributed by atoms with van der Waals surface area (Å²) in [5, 5.41) is 0.572. The van der Waals surface area contributed by atoms with Gasteiger partial charge in [0.05, 0.1) is 5.69 Å². The first-order valence-electron chi connectivity index (χ1n) is 8.44. The summed E-state index contributed by atoms with van der Waals surface area (Å²) in [4.78, 5) is 39.2. The van der Waals surface area contributed by atoms with E-state index < -0.39 is 17.9 Å².